The fourth-order valence-corrected chi connectivity index (χ4v) is 6.89. The molecule has 3 aromatic rings. The summed E-state index contributed by atoms with van der Waals surface area (Å²) in [4.78, 5) is 14.4. The van der Waals surface area contributed by atoms with E-state index in [4.69, 9.17) is 29.0 Å². The van der Waals surface area contributed by atoms with E-state index in [1.54, 1.807) is 6.07 Å². The molecule has 0 radical (unpaired) electrons. The van der Waals surface area contributed by atoms with Crippen molar-refractivity contribution in [3.05, 3.63) is 60.0 Å². The number of ether oxygens (including phenoxy) is 3. The van der Waals surface area contributed by atoms with E-state index in [1.165, 1.54) is 81.1 Å². The predicted octanol–water partition coefficient (Wildman–Crippen LogP) is 5.59. The number of aliphatic hydroxyl groups is 2. The largest absolute Gasteiger partial charge is 0.472 e. The SMILES string of the molecule is CCCCCCCCCCCCCCOC[C@H](COP(=O)(O)OC[C@H]1O[C@@](C#N)(c2ccc3c(N)ncnn23)[C@H](O)[C@@H]1O)OCc1ccccc1. The highest BCUT2D eigenvalue weighted by Crippen LogP contribution is 2.46. The molecule has 1 aliphatic heterocycles. The monoisotopic (exact) mass is 731 g/mol. The molecule has 15 heteroatoms. The van der Waals surface area contributed by atoms with Gasteiger partial charge in [0.2, 0.25) is 5.60 Å². The van der Waals surface area contributed by atoms with E-state index in [-0.39, 0.29) is 31.3 Å². The summed E-state index contributed by atoms with van der Waals surface area (Å²) in [5.41, 5.74) is 5.19. The Labute approximate surface area is 300 Å². The van der Waals surface area contributed by atoms with Gasteiger partial charge in [0, 0.05) is 6.61 Å². The van der Waals surface area contributed by atoms with E-state index in [0.29, 0.717) is 12.1 Å². The Kier molecular flexibility index (Phi) is 16.7. The molecule has 6 atom stereocenters. The molecule has 4 rings (SSSR count). The van der Waals surface area contributed by atoms with Crippen LogP contribution in [-0.2, 0) is 40.0 Å². The van der Waals surface area contributed by atoms with E-state index in [1.807, 2.05) is 36.4 Å². The Hall–Kier alpha value is -2.96. The van der Waals surface area contributed by atoms with Gasteiger partial charge >= 0.3 is 7.82 Å². The molecule has 0 aliphatic carbocycles. The maximum absolute atomic E-state index is 12.9. The van der Waals surface area contributed by atoms with Gasteiger partial charge in [-0.25, -0.2) is 14.1 Å². The van der Waals surface area contributed by atoms with Crippen LogP contribution in [-0.4, -0.2) is 80.5 Å². The summed E-state index contributed by atoms with van der Waals surface area (Å²) in [6.07, 6.45) is 10.7. The van der Waals surface area contributed by atoms with Crippen molar-refractivity contribution in [3.8, 4) is 6.07 Å². The topological polar surface area (TPSA) is 204 Å². The van der Waals surface area contributed by atoms with E-state index in [2.05, 4.69) is 17.0 Å². The Balaban J connectivity index is 1.22. The minimum atomic E-state index is -4.70. The zero-order chi connectivity index (χ0) is 36.5. The number of nitrogens with two attached hydrogens (primary N) is 1. The number of hydrogen-bond donors (Lipinski definition) is 4. The number of unbranched alkanes of at least 4 members (excludes halogenated alkanes) is 11. The first-order chi connectivity index (χ1) is 24.7. The average molecular weight is 732 g/mol. The number of nitrogens with zero attached hydrogens (tertiary/aromatic N) is 4. The molecule has 2 aromatic heterocycles. The third-order valence-electron chi connectivity index (χ3n) is 9.09. The standard InChI is InChI=1S/C36H54N5O9P/c1-2-3-4-5-6-7-8-9-10-11-12-16-21-46-23-29(47-22-28-17-14-13-15-18-28)24-48-51(44,45)49-25-31-33(42)34(43)36(26-37,50-31)32-20-19-30-35(38)39-27-40-41(30)32/h13-15,17-20,27,29,31,33-34,42-43H,2-12,16,21-25H2,1H3,(H,44,45)(H2,38,39,40)/t29-,31-,33-,34-,36+/m1/s1. The van der Waals surface area contributed by atoms with Gasteiger partial charge in [-0.05, 0) is 24.1 Å². The highest BCUT2D eigenvalue weighted by Gasteiger charge is 2.58. The van der Waals surface area contributed by atoms with Crippen molar-refractivity contribution in [3.63, 3.8) is 0 Å². The highest BCUT2D eigenvalue weighted by molar-refractivity contribution is 7.47. The van der Waals surface area contributed by atoms with Crippen LogP contribution in [0.4, 0.5) is 5.82 Å². The maximum atomic E-state index is 12.9. The fourth-order valence-electron chi connectivity index (χ4n) is 6.13. The second-order valence-electron chi connectivity index (χ2n) is 13.0. The molecule has 14 nitrogen and oxygen atoms in total. The van der Waals surface area contributed by atoms with Crippen LogP contribution in [0.15, 0.2) is 48.8 Å². The minimum Gasteiger partial charge on any atom is -0.387 e. The molecule has 3 heterocycles. The van der Waals surface area contributed by atoms with Crippen molar-refractivity contribution >= 4 is 19.2 Å². The van der Waals surface area contributed by atoms with Gasteiger partial charge in [0.15, 0.2) is 5.82 Å². The van der Waals surface area contributed by atoms with Gasteiger partial charge in [-0.3, -0.25) is 9.05 Å². The van der Waals surface area contributed by atoms with Crippen molar-refractivity contribution < 1.29 is 42.9 Å². The molecule has 51 heavy (non-hydrogen) atoms. The lowest BCUT2D eigenvalue weighted by Crippen LogP contribution is -2.41. The second kappa shape index (κ2) is 20.9. The number of fused-ring (bicyclic) bond motifs is 1. The van der Waals surface area contributed by atoms with Crippen LogP contribution in [0.5, 0.6) is 0 Å². The molecular weight excluding hydrogens is 677 g/mol. The van der Waals surface area contributed by atoms with E-state index in [0.717, 1.165) is 18.4 Å². The smallest absolute Gasteiger partial charge is 0.387 e. The van der Waals surface area contributed by atoms with Gasteiger partial charge in [0.05, 0.1) is 32.1 Å². The Morgan fingerprint density at radius 1 is 0.980 bits per heavy atom. The molecule has 1 saturated heterocycles. The molecular formula is C36H54N5O9P. The Bertz CT molecular complexity index is 1540. The lowest BCUT2D eigenvalue weighted by atomic mass is 9.92. The van der Waals surface area contributed by atoms with Crippen molar-refractivity contribution in [2.45, 2.75) is 121 Å². The summed E-state index contributed by atoms with van der Waals surface area (Å²) in [6.45, 7) is 2.19. The number of aromatic nitrogens is 3. The van der Waals surface area contributed by atoms with Gasteiger partial charge in [-0.1, -0.05) is 108 Å². The number of rotatable bonds is 25. The average Bonchev–Trinajstić information content (AvgIpc) is 3.68. The highest BCUT2D eigenvalue weighted by atomic mass is 31.2. The van der Waals surface area contributed by atoms with Crippen molar-refractivity contribution in [2.24, 2.45) is 0 Å². The van der Waals surface area contributed by atoms with Crippen LogP contribution < -0.4 is 5.73 Å². The van der Waals surface area contributed by atoms with Crippen LogP contribution in [0.1, 0.15) is 95.2 Å². The molecule has 282 valence electrons. The van der Waals surface area contributed by atoms with Gasteiger partial charge in [0.1, 0.15) is 42.3 Å². The van der Waals surface area contributed by atoms with Crippen LogP contribution in [0, 0.1) is 11.3 Å². The first-order valence-corrected chi connectivity index (χ1v) is 19.6. The molecule has 0 spiro atoms. The first kappa shape index (κ1) is 40.8. The molecule has 1 unspecified atom stereocenters. The number of phosphoric ester groups is 1. The van der Waals surface area contributed by atoms with Gasteiger partial charge in [-0.15, -0.1) is 0 Å². The first-order valence-electron chi connectivity index (χ1n) is 18.1. The number of phosphoric acid groups is 1. The third kappa shape index (κ3) is 12.0. The minimum absolute atomic E-state index is 0.0912. The number of hydrogen-bond acceptors (Lipinski definition) is 12. The third-order valence-corrected chi connectivity index (χ3v) is 10.0. The van der Waals surface area contributed by atoms with Crippen molar-refractivity contribution in [2.75, 3.05) is 32.2 Å². The second-order valence-corrected chi connectivity index (χ2v) is 14.5. The van der Waals surface area contributed by atoms with Crippen LogP contribution in [0.2, 0.25) is 0 Å². The fraction of sp³-hybridized carbons (Fsp3) is 0.639. The van der Waals surface area contributed by atoms with Gasteiger partial charge in [-0.2, -0.15) is 10.4 Å². The lowest BCUT2D eigenvalue weighted by Gasteiger charge is -2.24. The molecule has 1 aromatic carbocycles. The Morgan fingerprint density at radius 2 is 1.65 bits per heavy atom. The maximum Gasteiger partial charge on any atom is 0.472 e. The van der Waals surface area contributed by atoms with E-state index >= 15 is 0 Å². The zero-order valence-electron chi connectivity index (χ0n) is 29.6. The van der Waals surface area contributed by atoms with Crippen molar-refractivity contribution in [1.82, 2.24) is 14.6 Å². The number of nitrogen functional groups attached to an aromatic ring is 1. The van der Waals surface area contributed by atoms with Crippen LogP contribution in [0.3, 0.4) is 0 Å². The van der Waals surface area contributed by atoms with Gasteiger partial charge in [0.25, 0.3) is 0 Å². The summed E-state index contributed by atoms with van der Waals surface area (Å²) in [5.74, 6) is 0.136. The molecule has 1 aliphatic rings. The number of benzene rings is 1. The quantitative estimate of drug-likeness (QED) is 0.0621. The number of aliphatic hydroxyl groups excluding tert-OH is 2. The van der Waals surface area contributed by atoms with E-state index in [9.17, 15) is 24.9 Å². The zero-order valence-corrected chi connectivity index (χ0v) is 30.4. The number of anilines is 1. The van der Waals surface area contributed by atoms with Gasteiger partial charge < -0.3 is 35.1 Å². The molecule has 0 bridgehead atoms. The van der Waals surface area contributed by atoms with E-state index < -0.39 is 44.4 Å². The molecule has 1 fully saturated rings. The van der Waals surface area contributed by atoms with Crippen molar-refractivity contribution in [1.29, 1.82) is 5.26 Å². The lowest BCUT2D eigenvalue weighted by molar-refractivity contribution is -0.0690. The molecule has 0 saturated carbocycles. The summed E-state index contributed by atoms with van der Waals surface area (Å²) >= 11 is 0. The summed E-state index contributed by atoms with van der Waals surface area (Å²) in [5, 5.41) is 35.9. The Morgan fingerprint density at radius 3 is 2.31 bits per heavy atom. The van der Waals surface area contributed by atoms with Crippen LogP contribution in [0.25, 0.3) is 5.52 Å². The summed E-state index contributed by atoms with van der Waals surface area (Å²) < 4.78 is 42.3. The molecule has 0 amide bonds. The van der Waals surface area contributed by atoms with Crippen LogP contribution >= 0.6 is 7.82 Å². The number of nitriles is 1. The normalized spacial score (nSPS) is 22.2. The molecule has 5 N–H and O–H groups in total. The summed E-state index contributed by atoms with van der Waals surface area (Å²) in [7, 11) is -4.70. The predicted molar refractivity (Wildman–Crippen MR) is 190 cm³/mol. The summed E-state index contributed by atoms with van der Waals surface area (Å²) in [6, 6.07) is 14.4.